The highest BCUT2D eigenvalue weighted by atomic mass is 14.9. The molecule has 14 heavy (non-hydrogen) atoms. The van der Waals surface area contributed by atoms with Gasteiger partial charge >= 0.3 is 0 Å². The van der Waals surface area contributed by atoms with Crippen LogP contribution in [0.15, 0.2) is 24.3 Å². The van der Waals surface area contributed by atoms with Crippen LogP contribution in [0.5, 0.6) is 0 Å². The number of H-pyrrole nitrogens is 1. The standard InChI is InChI=1S/C12H14N2/c1-2-7-11-10(6-1)13-12(14-11)8-9-4-3-5-9/h1-2,6-7,9H,3-5,8H2,(H,13,14). The Hall–Kier alpha value is -1.31. The first-order valence-corrected chi connectivity index (χ1v) is 5.35. The largest absolute Gasteiger partial charge is 0.342 e. The second kappa shape index (κ2) is 3.12. The molecule has 0 saturated heterocycles. The molecule has 0 aliphatic heterocycles. The van der Waals surface area contributed by atoms with Gasteiger partial charge in [0.05, 0.1) is 11.0 Å². The average Bonchev–Trinajstić information content (AvgIpc) is 2.53. The van der Waals surface area contributed by atoms with Crippen LogP contribution in [0.25, 0.3) is 11.0 Å². The molecule has 1 aromatic carbocycles. The molecular formula is C12H14N2. The van der Waals surface area contributed by atoms with Gasteiger partial charge in [-0.25, -0.2) is 4.98 Å². The molecule has 1 heterocycles. The molecule has 1 aromatic heterocycles. The van der Waals surface area contributed by atoms with Gasteiger partial charge < -0.3 is 4.98 Å². The number of nitrogens with one attached hydrogen (secondary N) is 1. The molecule has 0 radical (unpaired) electrons. The van der Waals surface area contributed by atoms with Crippen LogP contribution in [-0.2, 0) is 6.42 Å². The maximum absolute atomic E-state index is 4.58. The number of benzene rings is 1. The van der Waals surface area contributed by atoms with E-state index in [9.17, 15) is 0 Å². The summed E-state index contributed by atoms with van der Waals surface area (Å²) in [5, 5.41) is 0. The number of aromatic amines is 1. The first-order chi connectivity index (χ1) is 6.92. The fourth-order valence-corrected chi connectivity index (χ4v) is 2.07. The van der Waals surface area contributed by atoms with Crippen LogP contribution in [0, 0.1) is 5.92 Å². The molecule has 1 aliphatic carbocycles. The van der Waals surface area contributed by atoms with Crippen LogP contribution in [0.3, 0.4) is 0 Å². The predicted molar refractivity (Wildman–Crippen MR) is 57.1 cm³/mol. The summed E-state index contributed by atoms with van der Waals surface area (Å²) in [4.78, 5) is 7.96. The molecule has 0 bridgehead atoms. The minimum atomic E-state index is 0.885. The average molecular weight is 186 g/mol. The van der Waals surface area contributed by atoms with E-state index in [1.807, 2.05) is 12.1 Å². The summed E-state index contributed by atoms with van der Waals surface area (Å²) in [6.45, 7) is 0. The summed E-state index contributed by atoms with van der Waals surface area (Å²) in [6.07, 6.45) is 5.31. The lowest BCUT2D eigenvalue weighted by atomic mass is 9.83. The van der Waals surface area contributed by atoms with E-state index < -0.39 is 0 Å². The highest BCUT2D eigenvalue weighted by Gasteiger charge is 2.19. The lowest BCUT2D eigenvalue weighted by molar-refractivity contribution is 0.310. The van der Waals surface area contributed by atoms with Crippen molar-refractivity contribution in [3.63, 3.8) is 0 Å². The Labute approximate surface area is 83.4 Å². The first kappa shape index (κ1) is 8.04. The quantitative estimate of drug-likeness (QED) is 0.767. The highest BCUT2D eigenvalue weighted by molar-refractivity contribution is 5.74. The van der Waals surface area contributed by atoms with E-state index in [1.54, 1.807) is 0 Å². The summed E-state index contributed by atoms with van der Waals surface area (Å²) in [6, 6.07) is 8.24. The van der Waals surface area contributed by atoms with E-state index in [1.165, 1.54) is 24.8 Å². The predicted octanol–water partition coefficient (Wildman–Crippen LogP) is 2.91. The summed E-state index contributed by atoms with van der Waals surface area (Å²) < 4.78 is 0. The fraction of sp³-hybridized carbons (Fsp3) is 0.417. The molecule has 0 unspecified atom stereocenters. The van der Waals surface area contributed by atoms with Crippen LogP contribution in [-0.4, -0.2) is 9.97 Å². The fourth-order valence-electron chi connectivity index (χ4n) is 2.07. The number of aromatic nitrogens is 2. The van der Waals surface area contributed by atoms with E-state index in [4.69, 9.17) is 0 Å². The van der Waals surface area contributed by atoms with Crippen molar-refractivity contribution < 1.29 is 0 Å². The maximum atomic E-state index is 4.58. The number of rotatable bonds is 2. The molecule has 2 aromatic rings. The third-order valence-electron chi connectivity index (χ3n) is 3.15. The van der Waals surface area contributed by atoms with Gasteiger partial charge in [0.25, 0.3) is 0 Å². The SMILES string of the molecule is c1ccc2[nH]c(CC3CCC3)nc2c1. The number of imidazole rings is 1. The topological polar surface area (TPSA) is 28.7 Å². The lowest BCUT2D eigenvalue weighted by Gasteiger charge is -2.23. The Morgan fingerprint density at radius 3 is 2.86 bits per heavy atom. The van der Waals surface area contributed by atoms with Crippen molar-refractivity contribution in [3.8, 4) is 0 Å². The van der Waals surface area contributed by atoms with Gasteiger partial charge in [-0.05, 0) is 18.1 Å². The van der Waals surface area contributed by atoms with Crippen LogP contribution in [0.2, 0.25) is 0 Å². The number of hydrogen-bond acceptors (Lipinski definition) is 1. The molecule has 1 fully saturated rings. The molecule has 72 valence electrons. The second-order valence-corrected chi connectivity index (χ2v) is 4.20. The van der Waals surface area contributed by atoms with E-state index in [-0.39, 0.29) is 0 Å². The Kier molecular flexibility index (Phi) is 1.79. The van der Waals surface area contributed by atoms with Crippen molar-refractivity contribution in [2.24, 2.45) is 5.92 Å². The van der Waals surface area contributed by atoms with Crippen molar-refractivity contribution in [1.29, 1.82) is 0 Å². The maximum Gasteiger partial charge on any atom is 0.107 e. The lowest BCUT2D eigenvalue weighted by Crippen LogP contribution is -2.14. The van der Waals surface area contributed by atoms with Gasteiger partial charge in [0.1, 0.15) is 5.82 Å². The van der Waals surface area contributed by atoms with Crippen LogP contribution < -0.4 is 0 Å². The molecule has 3 rings (SSSR count). The first-order valence-electron chi connectivity index (χ1n) is 5.35. The van der Waals surface area contributed by atoms with E-state index in [2.05, 4.69) is 22.1 Å². The molecule has 0 amide bonds. The van der Waals surface area contributed by atoms with Gasteiger partial charge in [0.15, 0.2) is 0 Å². The second-order valence-electron chi connectivity index (χ2n) is 4.20. The van der Waals surface area contributed by atoms with Crippen molar-refractivity contribution in [1.82, 2.24) is 9.97 Å². The smallest absolute Gasteiger partial charge is 0.107 e. The van der Waals surface area contributed by atoms with Gasteiger partial charge in [0.2, 0.25) is 0 Å². The van der Waals surface area contributed by atoms with Gasteiger partial charge in [-0.3, -0.25) is 0 Å². The van der Waals surface area contributed by atoms with Gasteiger partial charge in [-0.2, -0.15) is 0 Å². The van der Waals surface area contributed by atoms with Gasteiger partial charge in [-0.15, -0.1) is 0 Å². The molecular weight excluding hydrogens is 172 g/mol. The Bertz CT molecular complexity index is 407. The molecule has 0 spiro atoms. The van der Waals surface area contributed by atoms with Crippen LogP contribution in [0.1, 0.15) is 25.1 Å². The number of nitrogens with zero attached hydrogens (tertiary/aromatic N) is 1. The third kappa shape index (κ3) is 1.31. The summed E-state index contributed by atoms with van der Waals surface area (Å²) in [5.41, 5.74) is 2.27. The van der Waals surface area contributed by atoms with E-state index in [0.29, 0.717) is 0 Å². The number of hydrogen-bond donors (Lipinski definition) is 1. The Morgan fingerprint density at radius 1 is 1.29 bits per heavy atom. The van der Waals surface area contributed by atoms with E-state index >= 15 is 0 Å². The van der Waals surface area contributed by atoms with Crippen molar-refractivity contribution in [2.75, 3.05) is 0 Å². The highest BCUT2D eigenvalue weighted by Crippen LogP contribution is 2.29. The number of fused-ring (bicyclic) bond motifs is 1. The zero-order valence-electron chi connectivity index (χ0n) is 8.16. The minimum Gasteiger partial charge on any atom is -0.342 e. The minimum absolute atomic E-state index is 0.885. The van der Waals surface area contributed by atoms with Crippen molar-refractivity contribution in [2.45, 2.75) is 25.7 Å². The zero-order chi connectivity index (χ0) is 9.38. The van der Waals surface area contributed by atoms with E-state index in [0.717, 1.165) is 23.7 Å². The Morgan fingerprint density at radius 2 is 2.14 bits per heavy atom. The third-order valence-corrected chi connectivity index (χ3v) is 3.15. The number of para-hydroxylation sites is 2. The van der Waals surface area contributed by atoms with Crippen molar-refractivity contribution >= 4 is 11.0 Å². The van der Waals surface area contributed by atoms with Gasteiger partial charge in [0, 0.05) is 6.42 Å². The van der Waals surface area contributed by atoms with Crippen LogP contribution >= 0.6 is 0 Å². The zero-order valence-corrected chi connectivity index (χ0v) is 8.16. The summed E-state index contributed by atoms with van der Waals surface area (Å²) >= 11 is 0. The summed E-state index contributed by atoms with van der Waals surface area (Å²) in [7, 11) is 0. The molecule has 1 N–H and O–H groups in total. The molecule has 0 atom stereocenters. The normalized spacial score (nSPS) is 17.1. The molecule has 1 aliphatic rings. The molecule has 2 nitrogen and oxygen atoms in total. The van der Waals surface area contributed by atoms with Crippen LogP contribution in [0.4, 0.5) is 0 Å². The molecule has 1 saturated carbocycles. The van der Waals surface area contributed by atoms with Crippen molar-refractivity contribution in [3.05, 3.63) is 30.1 Å². The monoisotopic (exact) mass is 186 g/mol. The van der Waals surface area contributed by atoms with Gasteiger partial charge in [-0.1, -0.05) is 31.4 Å². The molecule has 2 heteroatoms. The summed E-state index contributed by atoms with van der Waals surface area (Å²) in [5.74, 6) is 2.05. The Balaban J connectivity index is 1.89.